The van der Waals surface area contributed by atoms with E-state index in [1.807, 2.05) is 18.2 Å². The van der Waals surface area contributed by atoms with Gasteiger partial charge in [-0.3, -0.25) is 4.99 Å². The van der Waals surface area contributed by atoms with Gasteiger partial charge in [-0.1, -0.05) is 17.7 Å². The number of benzene rings is 1. The predicted octanol–water partition coefficient (Wildman–Crippen LogP) is 1.70. The first-order valence-corrected chi connectivity index (χ1v) is 5.41. The van der Waals surface area contributed by atoms with Crippen LogP contribution in [0.1, 0.15) is 11.1 Å². The molecule has 15 heavy (non-hydrogen) atoms. The largest absolute Gasteiger partial charge is 0.355 e. The molecule has 0 saturated carbocycles. The lowest BCUT2D eigenvalue weighted by molar-refractivity contribution is 0.861. The van der Waals surface area contributed by atoms with Gasteiger partial charge in [0.05, 0.1) is 6.54 Å². The summed E-state index contributed by atoms with van der Waals surface area (Å²) < 4.78 is 0. The molecule has 0 radical (unpaired) electrons. The Hall–Kier alpha value is -1.22. The van der Waals surface area contributed by atoms with E-state index < -0.39 is 0 Å². The monoisotopic (exact) mass is 223 g/mol. The van der Waals surface area contributed by atoms with E-state index in [-0.39, 0.29) is 0 Å². The van der Waals surface area contributed by atoms with Crippen molar-refractivity contribution in [3.05, 3.63) is 34.3 Å². The van der Waals surface area contributed by atoms with Gasteiger partial charge in [0.15, 0.2) is 5.96 Å². The number of aliphatic imine (C=N–C) groups is 1. The second-order valence-electron chi connectivity index (χ2n) is 3.58. The zero-order valence-electron chi connectivity index (χ0n) is 8.68. The molecule has 0 atom stereocenters. The van der Waals surface area contributed by atoms with E-state index in [9.17, 15) is 0 Å². The number of hydrogen-bond acceptors (Lipinski definition) is 3. The molecule has 0 amide bonds. The van der Waals surface area contributed by atoms with E-state index in [0.717, 1.165) is 30.6 Å². The average Bonchev–Trinajstić information content (AvgIpc) is 2.72. The normalized spacial score (nSPS) is 14.7. The highest BCUT2D eigenvalue weighted by atomic mass is 35.5. The third-order valence-electron chi connectivity index (χ3n) is 2.43. The highest BCUT2D eigenvalue weighted by Gasteiger charge is 2.05. The molecule has 3 nitrogen and oxygen atoms in total. The minimum atomic E-state index is 0.762. The van der Waals surface area contributed by atoms with E-state index in [0.29, 0.717) is 0 Å². The van der Waals surface area contributed by atoms with Gasteiger partial charge in [-0.25, -0.2) is 0 Å². The molecule has 0 spiro atoms. The molecule has 1 aromatic carbocycles. The molecule has 1 aromatic rings. The first kappa shape index (κ1) is 10.3. The Morgan fingerprint density at radius 2 is 2.40 bits per heavy atom. The second-order valence-corrected chi connectivity index (χ2v) is 4.02. The molecule has 0 aliphatic carbocycles. The molecule has 0 saturated heterocycles. The van der Waals surface area contributed by atoms with Crippen LogP contribution in [0.25, 0.3) is 0 Å². The Labute approximate surface area is 94.5 Å². The highest BCUT2D eigenvalue weighted by Crippen LogP contribution is 2.14. The van der Waals surface area contributed by atoms with Crippen LogP contribution in [-0.2, 0) is 6.54 Å². The molecule has 2 rings (SSSR count). The van der Waals surface area contributed by atoms with Crippen molar-refractivity contribution in [2.24, 2.45) is 4.99 Å². The third kappa shape index (κ3) is 2.63. The first-order chi connectivity index (χ1) is 7.25. The van der Waals surface area contributed by atoms with Crippen molar-refractivity contribution < 1.29 is 0 Å². The van der Waals surface area contributed by atoms with Crippen LogP contribution >= 0.6 is 11.6 Å². The van der Waals surface area contributed by atoms with E-state index >= 15 is 0 Å². The number of nitrogens with zero attached hydrogens (tertiary/aromatic N) is 1. The molecule has 4 heteroatoms. The standard InChI is InChI=1S/C11H14ClN3/c1-8-2-3-10(12)6-9(8)7-15-11-13-4-5-14-11/h2-3,6H,4-5,7H2,1H3,(H2,13,14,15). The van der Waals surface area contributed by atoms with Gasteiger partial charge in [-0.05, 0) is 30.2 Å². The minimum Gasteiger partial charge on any atom is -0.355 e. The molecular weight excluding hydrogens is 210 g/mol. The van der Waals surface area contributed by atoms with E-state index in [1.54, 1.807) is 0 Å². The average molecular weight is 224 g/mol. The van der Waals surface area contributed by atoms with Crippen molar-refractivity contribution in [3.63, 3.8) is 0 Å². The van der Waals surface area contributed by atoms with Gasteiger partial charge in [0.1, 0.15) is 0 Å². The fraction of sp³-hybridized carbons (Fsp3) is 0.364. The number of hydrogen-bond donors (Lipinski definition) is 2. The lowest BCUT2D eigenvalue weighted by atomic mass is 10.1. The molecule has 80 valence electrons. The maximum Gasteiger partial charge on any atom is 0.191 e. The van der Waals surface area contributed by atoms with Gasteiger partial charge in [0.2, 0.25) is 0 Å². The van der Waals surface area contributed by atoms with Gasteiger partial charge in [-0.15, -0.1) is 0 Å². The first-order valence-electron chi connectivity index (χ1n) is 5.03. The van der Waals surface area contributed by atoms with Crippen LogP contribution in [0.2, 0.25) is 5.02 Å². The molecule has 1 aliphatic rings. The van der Waals surface area contributed by atoms with Gasteiger partial charge >= 0.3 is 0 Å². The fourth-order valence-corrected chi connectivity index (χ4v) is 1.72. The molecule has 2 N–H and O–H groups in total. The smallest absolute Gasteiger partial charge is 0.191 e. The summed E-state index contributed by atoms with van der Waals surface area (Å²) in [7, 11) is 0. The Bertz CT molecular complexity index is 387. The summed E-state index contributed by atoms with van der Waals surface area (Å²) in [5.74, 6) is 0.884. The highest BCUT2D eigenvalue weighted by molar-refractivity contribution is 6.30. The minimum absolute atomic E-state index is 0.762. The molecule has 0 fully saturated rings. The lowest BCUT2D eigenvalue weighted by Crippen LogP contribution is -2.33. The van der Waals surface area contributed by atoms with Gasteiger partial charge < -0.3 is 10.6 Å². The molecular formula is C11H14ClN3. The molecule has 0 bridgehead atoms. The third-order valence-corrected chi connectivity index (χ3v) is 2.67. The van der Waals surface area contributed by atoms with Crippen LogP contribution in [0, 0.1) is 6.92 Å². The van der Waals surface area contributed by atoms with Gasteiger partial charge in [-0.2, -0.15) is 0 Å². The summed E-state index contributed by atoms with van der Waals surface area (Å²) in [6.45, 7) is 4.63. The van der Waals surface area contributed by atoms with Crippen molar-refractivity contribution in [2.45, 2.75) is 13.5 Å². The zero-order chi connectivity index (χ0) is 10.7. The van der Waals surface area contributed by atoms with Crippen molar-refractivity contribution in [1.82, 2.24) is 10.6 Å². The van der Waals surface area contributed by atoms with E-state index in [2.05, 4.69) is 22.5 Å². The summed E-state index contributed by atoms with van der Waals surface area (Å²) >= 11 is 5.94. The van der Waals surface area contributed by atoms with Crippen LogP contribution < -0.4 is 10.6 Å². The zero-order valence-corrected chi connectivity index (χ0v) is 9.43. The maximum atomic E-state index is 5.94. The van der Waals surface area contributed by atoms with Crippen molar-refractivity contribution in [1.29, 1.82) is 0 Å². The Morgan fingerprint density at radius 3 is 3.13 bits per heavy atom. The summed E-state index contributed by atoms with van der Waals surface area (Å²) in [6.07, 6.45) is 0. The SMILES string of the molecule is Cc1ccc(Cl)cc1CNC1=NCCN1. The van der Waals surface area contributed by atoms with Crippen LogP contribution in [0.5, 0.6) is 0 Å². The van der Waals surface area contributed by atoms with E-state index in [4.69, 9.17) is 11.6 Å². The number of halogens is 1. The van der Waals surface area contributed by atoms with Gasteiger partial charge in [0.25, 0.3) is 0 Å². The van der Waals surface area contributed by atoms with Crippen molar-refractivity contribution in [3.8, 4) is 0 Å². The molecule has 0 aromatic heterocycles. The second kappa shape index (κ2) is 4.53. The summed E-state index contributed by atoms with van der Waals surface area (Å²) in [5, 5.41) is 7.19. The van der Waals surface area contributed by atoms with Crippen LogP contribution in [0.15, 0.2) is 23.2 Å². The molecule has 0 unspecified atom stereocenters. The summed E-state index contributed by atoms with van der Waals surface area (Å²) in [4.78, 5) is 4.26. The quantitative estimate of drug-likeness (QED) is 0.801. The van der Waals surface area contributed by atoms with Crippen LogP contribution in [-0.4, -0.2) is 19.0 Å². The maximum absolute atomic E-state index is 5.94. The Kier molecular flexibility index (Phi) is 3.11. The number of aryl methyl sites for hydroxylation is 1. The number of guanidine groups is 1. The number of nitrogens with one attached hydrogen (secondary N) is 2. The van der Waals surface area contributed by atoms with Crippen LogP contribution in [0.3, 0.4) is 0 Å². The Balaban J connectivity index is 2.00. The molecule has 1 heterocycles. The number of rotatable bonds is 2. The van der Waals surface area contributed by atoms with Crippen molar-refractivity contribution in [2.75, 3.05) is 13.1 Å². The fourth-order valence-electron chi connectivity index (χ4n) is 1.53. The summed E-state index contributed by atoms with van der Waals surface area (Å²) in [5.41, 5.74) is 2.45. The van der Waals surface area contributed by atoms with Crippen LogP contribution in [0.4, 0.5) is 0 Å². The predicted molar refractivity (Wildman–Crippen MR) is 63.3 cm³/mol. The molecule has 1 aliphatic heterocycles. The van der Waals surface area contributed by atoms with Gasteiger partial charge in [0, 0.05) is 18.1 Å². The van der Waals surface area contributed by atoms with E-state index in [1.165, 1.54) is 11.1 Å². The topological polar surface area (TPSA) is 36.4 Å². The summed E-state index contributed by atoms with van der Waals surface area (Å²) in [6, 6.07) is 5.92. The Morgan fingerprint density at radius 1 is 1.53 bits per heavy atom. The van der Waals surface area contributed by atoms with Crippen molar-refractivity contribution >= 4 is 17.6 Å². The lowest BCUT2D eigenvalue weighted by Gasteiger charge is -2.09.